The first-order valence-electron chi connectivity index (χ1n) is 6.37. The molecule has 7 nitrogen and oxygen atoms in total. The second-order valence-electron chi connectivity index (χ2n) is 4.26. The van der Waals surface area contributed by atoms with E-state index >= 15 is 0 Å². The van der Waals surface area contributed by atoms with E-state index in [4.69, 9.17) is 24.5 Å². The molecule has 0 saturated heterocycles. The highest BCUT2D eigenvalue weighted by Crippen LogP contribution is 2.38. The van der Waals surface area contributed by atoms with Gasteiger partial charge in [0.1, 0.15) is 5.75 Å². The molecule has 0 bridgehead atoms. The Kier molecular flexibility index (Phi) is 3.42. The van der Waals surface area contributed by atoms with Crippen molar-refractivity contribution in [3.63, 3.8) is 0 Å². The van der Waals surface area contributed by atoms with Crippen molar-refractivity contribution in [1.29, 1.82) is 0 Å². The average molecular weight is 277 g/mol. The number of nitrogens with two attached hydrogens (primary N) is 1. The van der Waals surface area contributed by atoms with Crippen LogP contribution < -0.4 is 19.9 Å². The van der Waals surface area contributed by atoms with Crippen molar-refractivity contribution in [2.45, 2.75) is 26.5 Å². The molecule has 0 spiro atoms. The number of aromatic nitrogens is 2. The van der Waals surface area contributed by atoms with Gasteiger partial charge < -0.3 is 24.5 Å². The van der Waals surface area contributed by atoms with Crippen LogP contribution in [0.1, 0.15) is 24.2 Å². The van der Waals surface area contributed by atoms with Gasteiger partial charge in [0.2, 0.25) is 18.5 Å². The van der Waals surface area contributed by atoms with Gasteiger partial charge in [-0.15, -0.1) is 0 Å². The molecule has 3 rings (SSSR count). The molecule has 7 heteroatoms. The summed E-state index contributed by atoms with van der Waals surface area (Å²) in [5, 5.41) is 3.83. The number of benzene rings is 1. The van der Waals surface area contributed by atoms with Crippen molar-refractivity contribution in [3.05, 3.63) is 29.4 Å². The third-order valence-corrected chi connectivity index (χ3v) is 2.94. The number of nitrogens with zero attached hydrogens (tertiary/aromatic N) is 2. The van der Waals surface area contributed by atoms with Crippen LogP contribution in [0.15, 0.2) is 16.7 Å². The van der Waals surface area contributed by atoms with E-state index in [-0.39, 0.29) is 13.4 Å². The molecule has 0 atom stereocenters. The molecule has 2 heterocycles. The van der Waals surface area contributed by atoms with Gasteiger partial charge >= 0.3 is 0 Å². The van der Waals surface area contributed by atoms with Gasteiger partial charge in [0, 0.05) is 24.6 Å². The van der Waals surface area contributed by atoms with Gasteiger partial charge in [-0.3, -0.25) is 0 Å². The lowest BCUT2D eigenvalue weighted by Crippen LogP contribution is -2.04. The summed E-state index contributed by atoms with van der Waals surface area (Å²) in [6, 6.07) is 3.59. The number of hydrogen-bond acceptors (Lipinski definition) is 7. The summed E-state index contributed by atoms with van der Waals surface area (Å²) < 4.78 is 21.3. The molecule has 1 aliphatic heterocycles. The Labute approximate surface area is 115 Å². The molecule has 2 aromatic rings. The minimum Gasteiger partial charge on any atom is -0.485 e. The molecule has 0 radical (unpaired) electrons. The summed E-state index contributed by atoms with van der Waals surface area (Å²) in [6.45, 7) is 2.73. The second-order valence-corrected chi connectivity index (χ2v) is 4.26. The maximum Gasteiger partial charge on any atom is 0.231 e. The van der Waals surface area contributed by atoms with Gasteiger partial charge in [0.15, 0.2) is 18.1 Å². The Morgan fingerprint density at radius 2 is 2.10 bits per heavy atom. The van der Waals surface area contributed by atoms with Crippen LogP contribution in [-0.2, 0) is 19.6 Å². The fourth-order valence-electron chi connectivity index (χ4n) is 1.89. The van der Waals surface area contributed by atoms with E-state index in [1.807, 2.05) is 13.0 Å². The molecule has 0 unspecified atom stereocenters. The van der Waals surface area contributed by atoms with Crippen molar-refractivity contribution in [3.8, 4) is 17.2 Å². The van der Waals surface area contributed by atoms with E-state index in [1.165, 1.54) is 0 Å². The number of fused-ring (bicyclic) bond motifs is 1. The van der Waals surface area contributed by atoms with Crippen molar-refractivity contribution < 1.29 is 18.7 Å². The minimum absolute atomic E-state index is 0.216. The first kappa shape index (κ1) is 12.7. The van der Waals surface area contributed by atoms with Crippen LogP contribution in [0.3, 0.4) is 0 Å². The molecular formula is C13H15N3O4. The van der Waals surface area contributed by atoms with Crippen molar-refractivity contribution in [2.24, 2.45) is 5.73 Å². The molecule has 1 aromatic carbocycles. The van der Waals surface area contributed by atoms with Gasteiger partial charge in [-0.2, -0.15) is 4.98 Å². The Morgan fingerprint density at radius 3 is 2.80 bits per heavy atom. The third kappa shape index (κ3) is 2.39. The molecule has 1 aliphatic rings. The summed E-state index contributed by atoms with van der Waals surface area (Å²) in [5.74, 6) is 3.07. The van der Waals surface area contributed by atoms with Gasteiger partial charge in [-0.25, -0.2) is 0 Å². The zero-order valence-electron chi connectivity index (χ0n) is 11.1. The van der Waals surface area contributed by atoms with Gasteiger partial charge in [0.05, 0.1) is 0 Å². The van der Waals surface area contributed by atoms with E-state index in [2.05, 4.69) is 10.1 Å². The molecule has 1 aromatic heterocycles. The van der Waals surface area contributed by atoms with Crippen LogP contribution in [0.25, 0.3) is 0 Å². The maximum atomic E-state index is 5.71. The highest BCUT2D eigenvalue weighted by atomic mass is 16.7. The highest BCUT2D eigenvalue weighted by molar-refractivity contribution is 5.51. The second kappa shape index (κ2) is 5.38. The molecular weight excluding hydrogens is 262 g/mol. The maximum absolute atomic E-state index is 5.71. The van der Waals surface area contributed by atoms with E-state index in [0.717, 1.165) is 5.56 Å². The van der Waals surface area contributed by atoms with E-state index < -0.39 is 0 Å². The molecule has 20 heavy (non-hydrogen) atoms. The monoisotopic (exact) mass is 277 g/mol. The summed E-state index contributed by atoms with van der Waals surface area (Å²) >= 11 is 0. The molecule has 2 N–H and O–H groups in total. The predicted molar refractivity (Wildman–Crippen MR) is 68.5 cm³/mol. The van der Waals surface area contributed by atoms with Crippen LogP contribution in [-0.4, -0.2) is 16.9 Å². The van der Waals surface area contributed by atoms with Crippen molar-refractivity contribution in [2.75, 3.05) is 6.79 Å². The molecule has 106 valence electrons. The Bertz CT molecular complexity index is 612. The van der Waals surface area contributed by atoms with Gasteiger partial charge in [0.25, 0.3) is 0 Å². The Hall–Kier alpha value is -2.28. The van der Waals surface area contributed by atoms with Crippen LogP contribution in [0.2, 0.25) is 0 Å². The largest absolute Gasteiger partial charge is 0.485 e. The minimum atomic E-state index is 0.216. The quantitative estimate of drug-likeness (QED) is 0.882. The lowest BCUT2D eigenvalue weighted by atomic mass is 10.2. The zero-order valence-corrected chi connectivity index (χ0v) is 11.1. The molecule has 0 fully saturated rings. The normalized spacial score (nSPS) is 12.7. The predicted octanol–water partition coefficient (Wildman–Crippen LogP) is 1.40. The smallest absolute Gasteiger partial charge is 0.231 e. The fourth-order valence-corrected chi connectivity index (χ4v) is 1.89. The first-order chi connectivity index (χ1) is 9.80. The number of aryl methyl sites for hydroxylation is 1. The van der Waals surface area contributed by atoms with Crippen molar-refractivity contribution in [1.82, 2.24) is 10.1 Å². The van der Waals surface area contributed by atoms with E-state index in [0.29, 0.717) is 41.9 Å². The number of rotatable bonds is 5. The number of ether oxygens (including phenoxy) is 3. The van der Waals surface area contributed by atoms with Crippen LogP contribution in [0.4, 0.5) is 0 Å². The summed E-state index contributed by atoms with van der Waals surface area (Å²) in [5.41, 5.74) is 6.55. The number of hydrogen-bond donors (Lipinski definition) is 1. The SMILES string of the molecule is CCc1nc(COc2cc3c(cc2CN)OCO3)no1. The van der Waals surface area contributed by atoms with Gasteiger partial charge in [-0.05, 0) is 6.07 Å². The van der Waals surface area contributed by atoms with Crippen LogP contribution >= 0.6 is 0 Å². The third-order valence-electron chi connectivity index (χ3n) is 2.94. The molecule has 0 saturated carbocycles. The van der Waals surface area contributed by atoms with E-state index in [1.54, 1.807) is 6.07 Å². The fraction of sp³-hybridized carbons (Fsp3) is 0.385. The Morgan fingerprint density at radius 1 is 1.30 bits per heavy atom. The molecule has 0 aliphatic carbocycles. The first-order valence-corrected chi connectivity index (χ1v) is 6.37. The summed E-state index contributed by atoms with van der Waals surface area (Å²) in [4.78, 5) is 4.18. The lowest BCUT2D eigenvalue weighted by molar-refractivity contribution is 0.173. The van der Waals surface area contributed by atoms with E-state index in [9.17, 15) is 0 Å². The van der Waals surface area contributed by atoms with Crippen LogP contribution in [0, 0.1) is 0 Å². The zero-order chi connectivity index (χ0) is 13.9. The molecule has 0 amide bonds. The average Bonchev–Trinajstić information content (AvgIpc) is 3.12. The summed E-state index contributed by atoms with van der Waals surface area (Å²) in [6.07, 6.45) is 0.699. The van der Waals surface area contributed by atoms with Gasteiger partial charge in [-0.1, -0.05) is 12.1 Å². The standard InChI is InChI=1S/C13H15N3O4/c1-2-13-15-12(16-20-13)6-17-9-4-11-10(18-7-19-11)3-8(9)5-14/h3-4H,2,5-7,14H2,1H3. The van der Waals surface area contributed by atoms with Crippen LogP contribution in [0.5, 0.6) is 17.2 Å². The Balaban J connectivity index is 1.76. The highest BCUT2D eigenvalue weighted by Gasteiger charge is 2.18. The summed E-state index contributed by atoms with van der Waals surface area (Å²) in [7, 11) is 0. The van der Waals surface area contributed by atoms with Crippen molar-refractivity contribution >= 4 is 0 Å². The topological polar surface area (TPSA) is 92.6 Å². The lowest BCUT2D eigenvalue weighted by Gasteiger charge is -2.09.